The van der Waals surface area contributed by atoms with Gasteiger partial charge in [-0.1, -0.05) is 17.7 Å². The van der Waals surface area contributed by atoms with Gasteiger partial charge in [0.05, 0.1) is 24.8 Å². The Hall–Kier alpha value is -0.770. The highest BCUT2D eigenvalue weighted by Crippen LogP contribution is 2.30. The molecule has 19 heavy (non-hydrogen) atoms. The quantitative estimate of drug-likeness (QED) is 0.775. The summed E-state index contributed by atoms with van der Waals surface area (Å²) >= 11 is 6.18. The van der Waals surface area contributed by atoms with Crippen molar-refractivity contribution < 1.29 is 9.47 Å². The lowest BCUT2D eigenvalue weighted by molar-refractivity contribution is 0.0358. The Labute approximate surface area is 120 Å². The van der Waals surface area contributed by atoms with Gasteiger partial charge >= 0.3 is 0 Å². The van der Waals surface area contributed by atoms with E-state index in [-0.39, 0.29) is 0 Å². The van der Waals surface area contributed by atoms with Gasteiger partial charge in [-0.2, -0.15) is 0 Å². The molecule has 1 saturated heterocycles. The molecule has 1 aliphatic rings. The summed E-state index contributed by atoms with van der Waals surface area (Å²) in [6, 6.07) is 3.93. The van der Waals surface area contributed by atoms with E-state index in [2.05, 4.69) is 18.7 Å². The van der Waals surface area contributed by atoms with Gasteiger partial charge < -0.3 is 9.47 Å². The molecular formula is C15H22ClNO2. The number of halogens is 1. The van der Waals surface area contributed by atoms with Gasteiger partial charge in [0.25, 0.3) is 0 Å². The minimum absolute atomic E-state index is 0.703. The maximum atomic E-state index is 6.18. The molecule has 0 unspecified atom stereocenters. The SMILES string of the molecule is Cc1ccc(Cl)c(OCCCN2CCOCC2)c1C. The predicted octanol–water partition coefficient (Wildman–Crippen LogP) is 3.06. The fourth-order valence-electron chi connectivity index (χ4n) is 2.22. The summed E-state index contributed by atoms with van der Waals surface area (Å²) in [5, 5.41) is 0.703. The van der Waals surface area contributed by atoms with Gasteiger partial charge in [0.15, 0.2) is 0 Å². The summed E-state index contributed by atoms with van der Waals surface area (Å²) < 4.78 is 11.2. The van der Waals surface area contributed by atoms with E-state index in [4.69, 9.17) is 21.1 Å². The Balaban J connectivity index is 1.77. The monoisotopic (exact) mass is 283 g/mol. The molecule has 0 aliphatic carbocycles. The van der Waals surface area contributed by atoms with Crippen molar-refractivity contribution in [3.05, 3.63) is 28.3 Å². The number of aryl methyl sites for hydroxylation is 1. The molecule has 1 aliphatic heterocycles. The second-order valence-electron chi connectivity index (χ2n) is 4.97. The highest BCUT2D eigenvalue weighted by Gasteiger charge is 2.11. The van der Waals surface area contributed by atoms with Gasteiger partial charge in [0, 0.05) is 19.6 Å². The molecule has 4 heteroatoms. The summed E-state index contributed by atoms with van der Waals surface area (Å²) in [5.41, 5.74) is 2.35. The van der Waals surface area contributed by atoms with Crippen LogP contribution in [0.1, 0.15) is 17.5 Å². The van der Waals surface area contributed by atoms with Crippen LogP contribution >= 0.6 is 11.6 Å². The Morgan fingerprint density at radius 2 is 2.00 bits per heavy atom. The van der Waals surface area contributed by atoms with Crippen molar-refractivity contribution in [1.82, 2.24) is 4.90 Å². The first-order chi connectivity index (χ1) is 9.18. The minimum atomic E-state index is 0.703. The average Bonchev–Trinajstić information content (AvgIpc) is 2.43. The highest BCUT2D eigenvalue weighted by atomic mass is 35.5. The number of hydrogen-bond donors (Lipinski definition) is 0. The van der Waals surface area contributed by atoms with Gasteiger partial charge in [-0.25, -0.2) is 0 Å². The van der Waals surface area contributed by atoms with Crippen LogP contribution in [0.4, 0.5) is 0 Å². The zero-order chi connectivity index (χ0) is 13.7. The number of hydrogen-bond acceptors (Lipinski definition) is 3. The third-order valence-corrected chi connectivity index (χ3v) is 3.90. The lowest BCUT2D eigenvalue weighted by atomic mass is 10.1. The number of rotatable bonds is 5. The second kappa shape index (κ2) is 7.13. The van der Waals surface area contributed by atoms with Crippen LogP contribution in [0.25, 0.3) is 0 Å². The van der Waals surface area contributed by atoms with Crippen molar-refractivity contribution >= 4 is 11.6 Å². The maximum Gasteiger partial charge on any atom is 0.141 e. The van der Waals surface area contributed by atoms with Crippen LogP contribution in [0.2, 0.25) is 5.02 Å². The first-order valence-electron chi connectivity index (χ1n) is 6.87. The molecule has 1 heterocycles. The van der Waals surface area contributed by atoms with E-state index in [1.807, 2.05) is 12.1 Å². The van der Waals surface area contributed by atoms with Crippen molar-refractivity contribution in [3.8, 4) is 5.75 Å². The third kappa shape index (κ3) is 4.10. The van der Waals surface area contributed by atoms with Crippen LogP contribution < -0.4 is 4.74 Å². The average molecular weight is 284 g/mol. The van der Waals surface area contributed by atoms with Crippen LogP contribution in [-0.4, -0.2) is 44.4 Å². The number of morpholine rings is 1. The molecule has 2 rings (SSSR count). The molecule has 0 radical (unpaired) electrons. The van der Waals surface area contributed by atoms with Gasteiger partial charge in [0.1, 0.15) is 5.75 Å². The van der Waals surface area contributed by atoms with Crippen LogP contribution in [0, 0.1) is 13.8 Å². The zero-order valence-corrected chi connectivity index (χ0v) is 12.5. The molecule has 0 saturated carbocycles. The van der Waals surface area contributed by atoms with E-state index < -0.39 is 0 Å². The summed E-state index contributed by atoms with van der Waals surface area (Å²) in [6.07, 6.45) is 1.02. The van der Waals surface area contributed by atoms with Crippen molar-refractivity contribution in [2.75, 3.05) is 39.5 Å². The molecule has 0 aromatic heterocycles. The standard InChI is InChI=1S/C15H22ClNO2/c1-12-4-5-14(16)15(13(12)2)19-9-3-6-17-7-10-18-11-8-17/h4-5H,3,6-11H2,1-2H3. The van der Waals surface area contributed by atoms with E-state index >= 15 is 0 Å². The Kier molecular flexibility index (Phi) is 5.49. The molecule has 0 atom stereocenters. The van der Waals surface area contributed by atoms with E-state index in [1.54, 1.807) is 0 Å². The van der Waals surface area contributed by atoms with Gasteiger partial charge in [-0.05, 0) is 37.5 Å². The van der Waals surface area contributed by atoms with Crippen LogP contribution in [-0.2, 0) is 4.74 Å². The molecule has 1 fully saturated rings. The molecule has 106 valence electrons. The molecular weight excluding hydrogens is 262 g/mol. The lowest BCUT2D eigenvalue weighted by Gasteiger charge is -2.26. The Morgan fingerprint density at radius 3 is 2.74 bits per heavy atom. The van der Waals surface area contributed by atoms with Crippen molar-refractivity contribution in [1.29, 1.82) is 0 Å². The first kappa shape index (κ1) is 14.6. The predicted molar refractivity (Wildman–Crippen MR) is 78.3 cm³/mol. The molecule has 1 aromatic carbocycles. The molecule has 3 nitrogen and oxygen atoms in total. The van der Waals surface area contributed by atoms with E-state index in [0.717, 1.165) is 50.6 Å². The topological polar surface area (TPSA) is 21.7 Å². The fraction of sp³-hybridized carbons (Fsp3) is 0.600. The van der Waals surface area contributed by atoms with Crippen molar-refractivity contribution in [2.45, 2.75) is 20.3 Å². The third-order valence-electron chi connectivity index (χ3n) is 3.60. The largest absolute Gasteiger partial charge is 0.492 e. The number of nitrogens with zero attached hydrogens (tertiary/aromatic N) is 1. The summed E-state index contributed by atoms with van der Waals surface area (Å²) in [6.45, 7) is 9.67. The van der Waals surface area contributed by atoms with Crippen LogP contribution in [0.15, 0.2) is 12.1 Å². The molecule has 1 aromatic rings. The molecule has 0 amide bonds. The smallest absolute Gasteiger partial charge is 0.141 e. The summed E-state index contributed by atoms with van der Waals surface area (Å²) in [4.78, 5) is 2.41. The summed E-state index contributed by atoms with van der Waals surface area (Å²) in [5.74, 6) is 0.837. The normalized spacial score (nSPS) is 16.6. The molecule has 0 N–H and O–H groups in total. The minimum Gasteiger partial charge on any atom is -0.492 e. The maximum absolute atomic E-state index is 6.18. The Morgan fingerprint density at radius 1 is 1.26 bits per heavy atom. The van der Waals surface area contributed by atoms with Crippen LogP contribution in [0.5, 0.6) is 5.75 Å². The number of benzene rings is 1. The van der Waals surface area contributed by atoms with Gasteiger partial charge in [0.2, 0.25) is 0 Å². The van der Waals surface area contributed by atoms with Crippen molar-refractivity contribution in [2.24, 2.45) is 0 Å². The Bertz CT molecular complexity index is 417. The lowest BCUT2D eigenvalue weighted by Crippen LogP contribution is -2.37. The number of ether oxygens (including phenoxy) is 2. The molecule has 0 bridgehead atoms. The fourth-order valence-corrected chi connectivity index (χ4v) is 2.48. The van der Waals surface area contributed by atoms with E-state index in [0.29, 0.717) is 11.6 Å². The van der Waals surface area contributed by atoms with Crippen molar-refractivity contribution in [3.63, 3.8) is 0 Å². The second-order valence-corrected chi connectivity index (χ2v) is 5.38. The van der Waals surface area contributed by atoms with E-state index in [9.17, 15) is 0 Å². The first-order valence-corrected chi connectivity index (χ1v) is 7.25. The molecule has 0 spiro atoms. The van der Waals surface area contributed by atoms with Gasteiger partial charge in [-0.3, -0.25) is 4.90 Å². The van der Waals surface area contributed by atoms with Gasteiger partial charge in [-0.15, -0.1) is 0 Å². The van der Waals surface area contributed by atoms with E-state index in [1.165, 1.54) is 5.56 Å². The zero-order valence-electron chi connectivity index (χ0n) is 11.7. The van der Waals surface area contributed by atoms with Crippen LogP contribution in [0.3, 0.4) is 0 Å². The highest BCUT2D eigenvalue weighted by molar-refractivity contribution is 6.32. The summed E-state index contributed by atoms with van der Waals surface area (Å²) in [7, 11) is 0.